The van der Waals surface area contributed by atoms with Crippen LogP contribution in [0.15, 0.2) is 35.8 Å². The van der Waals surface area contributed by atoms with Crippen molar-refractivity contribution < 1.29 is 4.74 Å². The van der Waals surface area contributed by atoms with Crippen LogP contribution >= 0.6 is 11.3 Å². The van der Waals surface area contributed by atoms with E-state index in [0.717, 1.165) is 38.5 Å². The van der Waals surface area contributed by atoms with Crippen LogP contribution < -0.4 is 0 Å². The van der Waals surface area contributed by atoms with Crippen LogP contribution in [0, 0.1) is 12.3 Å². The van der Waals surface area contributed by atoms with Crippen molar-refractivity contribution in [2.45, 2.75) is 33.2 Å². The molecule has 1 aliphatic heterocycles. The Morgan fingerprint density at radius 1 is 1.30 bits per heavy atom. The van der Waals surface area contributed by atoms with Crippen LogP contribution in [0.5, 0.6) is 0 Å². The van der Waals surface area contributed by atoms with Gasteiger partial charge in [0, 0.05) is 48.4 Å². The highest BCUT2D eigenvalue weighted by atomic mass is 32.1. The first kappa shape index (κ1) is 16.6. The van der Waals surface area contributed by atoms with Gasteiger partial charge in [-0.3, -0.25) is 9.88 Å². The fourth-order valence-corrected chi connectivity index (χ4v) is 4.06. The molecule has 0 unspecified atom stereocenters. The largest absolute Gasteiger partial charge is 0.381 e. The third-order valence-corrected chi connectivity index (χ3v) is 5.53. The molecule has 0 aliphatic carbocycles. The molecule has 23 heavy (non-hydrogen) atoms. The molecule has 0 saturated carbocycles. The Morgan fingerprint density at radius 2 is 2.17 bits per heavy atom. The Hall–Kier alpha value is -1.23. The quantitative estimate of drug-likeness (QED) is 0.733. The lowest BCUT2D eigenvalue weighted by Crippen LogP contribution is -2.58. The lowest BCUT2D eigenvalue weighted by Gasteiger charge is -2.50. The molecule has 3 nitrogen and oxygen atoms in total. The average Bonchev–Trinajstić information content (AvgIpc) is 3.04. The van der Waals surface area contributed by atoms with Crippen molar-refractivity contribution in [1.29, 1.82) is 0 Å². The highest BCUT2D eigenvalue weighted by Crippen LogP contribution is 2.37. The van der Waals surface area contributed by atoms with E-state index in [4.69, 9.17) is 4.74 Å². The lowest BCUT2D eigenvalue weighted by atomic mass is 9.76. The second-order valence-electron chi connectivity index (χ2n) is 6.67. The first-order valence-corrected chi connectivity index (χ1v) is 9.31. The predicted octanol–water partition coefficient (Wildman–Crippen LogP) is 3.92. The number of hydrogen-bond donors (Lipinski definition) is 0. The van der Waals surface area contributed by atoms with E-state index in [1.807, 2.05) is 24.5 Å². The van der Waals surface area contributed by atoms with Gasteiger partial charge < -0.3 is 4.74 Å². The van der Waals surface area contributed by atoms with Crippen molar-refractivity contribution in [1.82, 2.24) is 9.88 Å². The zero-order chi connectivity index (χ0) is 16.1. The van der Waals surface area contributed by atoms with Gasteiger partial charge in [-0.2, -0.15) is 0 Å². The lowest BCUT2D eigenvalue weighted by molar-refractivity contribution is -0.0722. The summed E-state index contributed by atoms with van der Waals surface area (Å²) in [4.78, 5) is 8.40. The molecule has 0 aromatic carbocycles. The Bertz CT molecular complexity index is 588. The summed E-state index contributed by atoms with van der Waals surface area (Å²) in [5, 5.41) is 2.17. The summed E-state index contributed by atoms with van der Waals surface area (Å²) in [6, 6.07) is 8.68. The molecule has 1 aliphatic rings. The number of aryl methyl sites for hydroxylation is 2. The monoisotopic (exact) mass is 330 g/mol. The van der Waals surface area contributed by atoms with E-state index in [-0.39, 0.29) is 0 Å². The average molecular weight is 330 g/mol. The van der Waals surface area contributed by atoms with Crippen molar-refractivity contribution in [2.75, 3.05) is 26.3 Å². The summed E-state index contributed by atoms with van der Waals surface area (Å²) in [5.41, 5.74) is 2.72. The maximum Gasteiger partial charge on any atom is 0.0546 e. The molecule has 2 aromatic heterocycles. The summed E-state index contributed by atoms with van der Waals surface area (Å²) in [6.45, 7) is 9.07. The molecule has 3 rings (SSSR count). The second-order valence-corrected chi connectivity index (χ2v) is 7.70. The van der Waals surface area contributed by atoms with Gasteiger partial charge in [0.2, 0.25) is 0 Å². The fourth-order valence-electron chi connectivity index (χ4n) is 3.35. The number of aromatic nitrogens is 1. The first-order valence-electron chi connectivity index (χ1n) is 8.43. The molecule has 0 amide bonds. The fraction of sp³-hybridized carbons (Fsp3) is 0.526. The number of pyridine rings is 1. The Kier molecular flexibility index (Phi) is 5.46. The molecule has 0 N–H and O–H groups in total. The van der Waals surface area contributed by atoms with Crippen molar-refractivity contribution >= 4 is 11.3 Å². The smallest absolute Gasteiger partial charge is 0.0546 e. The normalized spacial score (nSPS) is 17.1. The molecule has 1 saturated heterocycles. The summed E-state index contributed by atoms with van der Waals surface area (Å²) < 4.78 is 5.79. The number of rotatable bonds is 8. The maximum absolute atomic E-state index is 5.79. The Labute approximate surface area is 143 Å². The van der Waals surface area contributed by atoms with Gasteiger partial charge in [0.15, 0.2) is 0 Å². The minimum Gasteiger partial charge on any atom is -0.381 e. The number of thiophene rings is 1. The van der Waals surface area contributed by atoms with Gasteiger partial charge in [-0.15, -0.1) is 11.3 Å². The van der Waals surface area contributed by atoms with Crippen LogP contribution in [0.3, 0.4) is 0 Å². The highest BCUT2D eigenvalue weighted by molar-refractivity contribution is 7.09. The molecule has 4 heteroatoms. The van der Waals surface area contributed by atoms with Gasteiger partial charge in [-0.1, -0.05) is 12.1 Å². The zero-order valence-corrected chi connectivity index (χ0v) is 14.9. The molecule has 3 heterocycles. The van der Waals surface area contributed by atoms with Crippen molar-refractivity contribution in [3.8, 4) is 0 Å². The third kappa shape index (κ3) is 4.40. The third-order valence-electron chi connectivity index (χ3n) is 4.59. The summed E-state index contributed by atoms with van der Waals surface area (Å²) >= 11 is 1.86. The molecule has 0 spiro atoms. The van der Waals surface area contributed by atoms with Crippen LogP contribution in [0.2, 0.25) is 0 Å². The van der Waals surface area contributed by atoms with Gasteiger partial charge in [-0.05, 0) is 49.8 Å². The Balaban J connectivity index is 1.54. The van der Waals surface area contributed by atoms with Crippen LogP contribution in [0.25, 0.3) is 0 Å². The van der Waals surface area contributed by atoms with Gasteiger partial charge in [0.05, 0.1) is 6.61 Å². The van der Waals surface area contributed by atoms with Gasteiger partial charge in [-0.25, -0.2) is 0 Å². The molecule has 2 aromatic rings. The first-order chi connectivity index (χ1) is 11.2. The topological polar surface area (TPSA) is 25.4 Å². The minimum absolute atomic E-state index is 0.331. The molecule has 0 atom stereocenters. The number of hydrogen-bond acceptors (Lipinski definition) is 4. The van der Waals surface area contributed by atoms with Crippen molar-refractivity contribution in [3.05, 3.63) is 52.0 Å². The van der Waals surface area contributed by atoms with E-state index >= 15 is 0 Å². The minimum atomic E-state index is 0.331. The summed E-state index contributed by atoms with van der Waals surface area (Å²) in [6.07, 6.45) is 4.39. The maximum atomic E-state index is 5.79. The number of likely N-dealkylation sites (tertiary alicyclic amines) is 1. The van der Waals surface area contributed by atoms with Crippen molar-refractivity contribution in [2.24, 2.45) is 5.41 Å². The summed E-state index contributed by atoms with van der Waals surface area (Å²) in [5.74, 6) is 0. The molecule has 1 fully saturated rings. The standard InChI is InChI=1S/C19H26N2OS/c1-3-22-15-19(9-8-18-5-4-10-23-18)13-21(14-19)12-17-7-6-16(2)20-11-17/h4-7,10-11H,3,8-9,12-15H2,1-2H3. The summed E-state index contributed by atoms with van der Waals surface area (Å²) in [7, 11) is 0. The zero-order valence-electron chi connectivity index (χ0n) is 14.1. The SMILES string of the molecule is CCOCC1(CCc2cccs2)CN(Cc2ccc(C)nc2)C1. The van der Waals surface area contributed by atoms with E-state index in [0.29, 0.717) is 5.41 Å². The van der Waals surface area contributed by atoms with Gasteiger partial charge in [0.1, 0.15) is 0 Å². The van der Waals surface area contributed by atoms with E-state index in [1.165, 1.54) is 23.3 Å². The molecule has 0 radical (unpaired) electrons. The van der Waals surface area contributed by atoms with E-state index < -0.39 is 0 Å². The molecule has 124 valence electrons. The number of nitrogens with zero attached hydrogens (tertiary/aromatic N) is 2. The van der Waals surface area contributed by atoms with E-state index in [9.17, 15) is 0 Å². The van der Waals surface area contributed by atoms with Crippen molar-refractivity contribution in [3.63, 3.8) is 0 Å². The van der Waals surface area contributed by atoms with Crippen LogP contribution in [-0.2, 0) is 17.7 Å². The highest BCUT2D eigenvalue weighted by Gasteiger charge is 2.42. The van der Waals surface area contributed by atoms with E-state index in [2.05, 4.69) is 46.5 Å². The second kappa shape index (κ2) is 7.56. The molecular formula is C19H26N2OS. The van der Waals surface area contributed by atoms with Crippen LogP contribution in [0.4, 0.5) is 0 Å². The van der Waals surface area contributed by atoms with Gasteiger partial charge >= 0.3 is 0 Å². The van der Waals surface area contributed by atoms with Crippen LogP contribution in [0.1, 0.15) is 29.5 Å². The number of ether oxygens (including phenoxy) is 1. The molecular weight excluding hydrogens is 304 g/mol. The van der Waals surface area contributed by atoms with Gasteiger partial charge in [0.25, 0.3) is 0 Å². The van der Waals surface area contributed by atoms with E-state index in [1.54, 1.807) is 0 Å². The Morgan fingerprint density at radius 3 is 2.83 bits per heavy atom. The molecule has 0 bridgehead atoms. The predicted molar refractivity (Wildman–Crippen MR) is 95.8 cm³/mol. The van der Waals surface area contributed by atoms with Crippen LogP contribution in [-0.4, -0.2) is 36.2 Å².